The normalized spacial score (nSPS) is 20.5. The van der Waals surface area contributed by atoms with Crippen LogP contribution in [0.2, 0.25) is 0 Å². The van der Waals surface area contributed by atoms with E-state index in [-0.39, 0.29) is 5.91 Å². The Labute approximate surface area is 194 Å². The zero-order valence-electron chi connectivity index (χ0n) is 18.5. The summed E-state index contributed by atoms with van der Waals surface area (Å²) in [6.07, 6.45) is 5.93. The first kappa shape index (κ1) is 20.2. The minimum atomic E-state index is -0.758. The van der Waals surface area contributed by atoms with Crippen molar-refractivity contribution in [2.24, 2.45) is 0 Å². The van der Waals surface area contributed by atoms with E-state index < -0.39 is 5.54 Å². The van der Waals surface area contributed by atoms with E-state index in [0.29, 0.717) is 24.4 Å². The molecule has 0 spiro atoms. The fourth-order valence-electron chi connectivity index (χ4n) is 4.43. The van der Waals surface area contributed by atoms with E-state index in [1.54, 1.807) is 0 Å². The number of hydrogen-bond donors (Lipinski definition) is 3. The van der Waals surface area contributed by atoms with E-state index in [1.165, 1.54) is 24.4 Å². The topological polar surface area (TPSA) is 116 Å². The second kappa shape index (κ2) is 7.55. The molecule has 1 saturated carbocycles. The lowest BCUT2D eigenvalue weighted by Crippen LogP contribution is -2.51. The summed E-state index contributed by atoms with van der Waals surface area (Å²) in [6.45, 7) is 4.58. The number of carbonyl (C=O) groups is 1. The standard InChI is InChI=1S/C22H25N9OS/c1-13-11-18(33-29-13)25-19(32)22(2)8-4-10-31(22)21-24-17-5-3-9-30(17)20(26-21)23-16-12-15(27-28-16)14-6-7-14/h3,5,9,11-12,14H,4,6-8,10H2,1-2H3,(H,25,32)(H2,23,24,26,27,28)/t22-/m0/s1. The van der Waals surface area contributed by atoms with Crippen LogP contribution in [0.25, 0.3) is 5.65 Å². The van der Waals surface area contributed by atoms with Gasteiger partial charge in [0.25, 0.3) is 5.91 Å². The Bertz CT molecular complexity index is 1340. The third kappa shape index (κ3) is 3.62. The molecule has 0 unspecified atom stereocenters. The first-order valence-corrected chi connectivity index (χ1v) is 12.0. The predicted octanol–water partition coefficient (Wildman–Crippen LogP) is 3.84. The molecule has 1 saturated heterocycles. The number of carbonyl (C=O) groups excluding carboxylic acids is 1. The first-order chi connectivity index (χ1) is 16.0. The van der Waals surface area contributed by atoms with Crippen LogP contribution >= 0.6 is 11.5 Å². The minimum Gasteiger partial charge on any atom is -0.326 e. The van der Waals surface area contributed by atoms with Gasteiger partial charge >= 0.3 is 0 Å². The van der Waals surface area contributed by atoms with Gasteiger partial charge in [-0.25, -0.2) is 0 Å². The Hall–Kier alpha value is -3.47. The Morgan fingerprint density at radius 2 is 2.18 bits per heavy atom. The number of fused-ring (bicyclic) bond motifs is 1. The summed E-state index contributed by atoms with van der Waals surface area (Å²) >= 11 is 1.29. The van der Waals surface area contributed by atoms with E-state index in [2.05, 4.69) is 25.2 Å². The highest BCUT2D eigenvalue weighted by Crippen LogP contribution is 2.40. The summed E-state index contributed by atoms with van der Waals surface area (Å²) in [5, 5.41) is 14.6. The smallest absolute Gasteiger partial charge is 0.250 e. The van der Waals surface area contributed by atoms with E-state index in [4.69, 9.17) is 9.97 Å². The molecule has 33 heavy (non-hydrogen) atoms. The third-order valence-electron chi connectivity index (χ3n) is 6.47. The SMILES string of the molecule is Cc1cc(NC(=O)[C@]2(C)CCCN2c2nc(Nc3cc(C4CC4)[nH]n3)n3cccc3n2)sn1. The lowest BCUT2D eigenvalue weighted by molar-refractivity contribution is -0.120. The molecule has 1 aliphatic carbocycles. The van der Waals surface area contributed by atoms with Crippen molar-refractivity contribution in [2.75, 3.05) is 22.1 Å². The van der Waals surface area contributed by atoms with Gasteiger partial charge < -0.3 is 15.5 Å². The van der Waals surface area contributed by atoms with Crippen LogP contribution in [0.4, 0.5) is 22.7 Å². The maximum atomic E-state index is 13.3. The number of amides is 1. The number of nitrogens with one attached hydrogen (secondary N) is 3. The van der Waals surface area contributed by atoms with Crippen LogP contribution in [0.3, 0.4) is 0 Å². The number of aromatic amines is 1. The van der Waals surface area contributed by atoms with Gasteiger partial charge in [-0.05, 0) is 69.3 Å². The lowest BCUT2D eigenvalue weighted by atomic mass is 9.98. The van der Waals surface area contributed by atoms with Gasteiger partial charge in [-0.2, -0.15) is 19.4 Å². The van der Waals surface area contributed by atoms with Gasteiger partial charge in [0.1, 0.15) is 16.2 Å². The molecule has 170 valence electrons. The molecule has 1 aliphatic heterocycles. The Kier molecular flexibility index (Phi) is 4.61. The number of nitrogens with zero attached hydrogens (tertiary/aromatic N) is 6. The molecule has 5 heterocycles. The van der Waals surface area contributed by atoms with Crippen molar-refractivity contribution in [1.29, 1.82) is 0 Å². The van der Waals surface area contributed by atoms with E-state index in [1.807, 2.05) is 53.6 Å². The zero-order valence-corrected chi connectivity index (χ0v) is 19.3. The number of rotatable bonds is 6. The van der Waals surface area contributed by atoms with E-state index in [9.17, 15) is 4.79 Å². The molecule has 1 amide bonds. The summed E-state index contributed by atoms with van der Waals surface area (Å²) < 4.78 is 6.15. The number of aryl methyl sites for hydroxylation is 1. The summed E-state index contributed by atoms with van der Waals surface area (Å²) in [6, 6.07) is 7.79. The van der Waals surface area contributed by atoms with Crippen LogP contribution in [0, 0.1) is 6.92 Å². The largest absolute Gasteiger partial charge is 0.326 e. The molecule has 2 aliphatic rings. The molecule has 3 N–H and O–H groups in total. The molecule has 4 aromatic rings. The van der Waals surface area contributed by atoms with Crippen LogP contribution in [0.5, 0.6) is 0 Å². The van der Waals surface area contributed by atoms with Gasteiger partial charge in [-0.15, -0.1) is 0 Å². The number of anilines is 4. The summed E-state index contributed by atoms with van der Waals surface area (Å²) in [5.41, 5.74) is 2.04. The van der Waals surface area contributed by atoms with Crippen molar-refractivity contribution in [3.63, 3.8) is 0 Å². The monoisotopic (exact) mass is 463 g/mol. The Morgan fingerprint density at radius 3 is 2.97 bits per heavy atom. The predicted molar refractivity (Wildman–Crippen MR) is 127 cm³/mol. The molecule has 11 heteroatoms. The molecule has 10 nitrogen and oxygen atoms in total. The van der Waals surface area contributed by atoms with Crippen molar-refractivity contribution in [1.82, 2.24) is 28.9 Å². The van der Waals surface area contributed by atoms with E-state index >= 15 is 0 Å². The van der Waals surface area contributed by atoms with E-state index in [0.717, 1.165) is 40.7 Å². The molecule has 0 bridgehead atoms. The van der Waals surface area contributed by atoms with Crippen molar-refractivity contribution in [3.05, 3.63) is 41.9 Å². The van der Waals surface area contributed by atoms with Crippen molar-refractivity contribution in [2.45, 2.75) is 51.0 Å². The molecule has 0 aromatic carbocycles. The second-order valence-corrected chi connectivity index (χ2v) is 9.81. The highest BCUT2D eigenvalue weighted by atomic mass is 32.1. The molecule has 2 fully saturated rings. The van der Waals surface area contributed by atoms with Gasteiger partial charge in [-0.1, -0.05) is 0 Å². The minimum absolute atomic E-state index is 0.0709. The quantitative estimate of drug-likeness (QED) is 0.398. The van der Waals surface area contributed by atoms with Crippen molar-refractivity contribution >= 4 is 45.8 Å². The van der Waals surface area contributed by atoms with Crippen LogP contribution < -0.4 is 15.5 Å². The highest BCUT2D eigenvalue weighted by Gasteiger charge is 2.45. The van der Waals surface area contributed by atoms with Gasteiger partial charge in [0.15, 0.2) is 5.82 Å². The fraction of sp³-hybridized carbons (Fsp3) is 0.409. The maximum Gasteiger partial charge on any atom is 0.250 e. The molecule has 6 rings (SSSR count). The molecule has 4 aromatic heterocycles. The number of H-pyrrole nitrogens is 1. The Morgan fingerprint density at radius 1 is 1.30 bits per heavy atom. The number of hydrogen-bond acceptors (Lipinski definition) is 8. The molecular weight excluding hydrogens is 438 g/mol. The average molecular weight is 464 g/mol. The summed E-state index contributed by atoms with van der Waals surface area (Å²) in [7, 11) is 0. The van der Waals surface area contributed by atoms with Crippen molar-refractivity contribution in [3.8, 4) is 0 Å². The second-order valence-electron chi connectivity index (χ2n) is 9.01. The molecule has 1 atom stereocenters. The number of aromatic nitrogens is 6. The first-order valence-electron chi connectivity index (χ1n) is 11.2. The van der Waals surface area contributed by atoms with Crippen molar-refractivity contribution < 1.29 is 4.79 Å². The van der Waals surface area contributed by atoms with Crippen LogP contribution in [-0.2, 0) is 4.79 Å². The Balaban J connectivity index is 1.32. The zero-order chi connectivity index (χ0) is 22.6. The summed E-state index contributed by atoms with van der Waals surface area (Å²) in [5.74, 6) is 2.38. The average Bonchev–Trinajstić information content (AvgIpc) is 3.17. The van der Waals surface area contributed by atoms with Gasteiger partial charge in [-0.3, -0.25) is 14.3 Å². The fourth-order valence-corrected chi connectivity index (χ4v) is 5.09. The maximum absolute atomic E-state index is 13.3. The molecule has 0 radical (unpaired) electrons. The van der Waals surface area contributed by atoms with Crippen LogP contribution in [0.15, 0.2) is 30.5 Å². The third-order valence-corrected chi connectivity index (χ3v) is 7.26. The van der Waals surface area contributed by atoms with Crippen LogP contribution in [0.1, 0.15) is 49.9 Å². The highest BCUT2D eigenvalue weighted by molar-refractivity contribution is 7.10. The lowest BCUT2D eigenvalue weighted by Gasteiger charge is -2.33. The van der Waals surface area contributed by atoms with Gasteiger partial charge in [0.2, 0.25) is 11.9 Å². The summed E-state index contributed by atoms with van der Waals surface area (Å²) in [4.78, 5) is 24.9. The van der Waals surface area contributed by atoms with Crippen LogP contribution in [-0.4, -0.2) is 46.9 Å². The van der Waals surface area contributed by atoms with Gasteiger partial charge in [0, 0.05) is 30.4 Å². The van der Waals surface area contributed by atoms with Gasteiger partial charge in [0.05, 0.1) is 5.69 Å². The molecular formula is C22H25N9OS.